The monoisotopic (exact) mass is 686 g/mol. The highest BCUT2D eigenvalue weighted by Gasteiger charge is 2.54. The lowest BCUT2D eigenvalue weighted by molar-refractivity contribution is -0.188. The highest BCUT2D eigenvalue weighted by atomic mass is 19.1. The summed E-state index contributed by atoms with van der Waals surface area (Å²) in [5.41, 5.74) is 3.17. The average molecular weight is 687 g/mol. The van der Waals surface area contributed by atoms with Crippen molar-refractivity contribution in [2.75, 3.05) is 70.5 Å². The second kappa shape index (κ2) is 13.3. The van der Waals surface area contributed by atoms with Crippen molar-refractivity contribution < 1.29 is 23.4 Å². The lowest BCUT2D eigenvalue weighted by atomic mass is 9.61. The van der Waals surface area contributed by atoms with Crippen LogP contribution in [-0.4, -0.2) is 118 Å². The largest absolute Gasteiger partial charge is 0.490 e. The number of pyridine rings is 1. The van der Waals surface area contributed by atoms with Gasteiger partial charge in [0, 0.05) is 86.6 Å². The summed E-state index contributed by atoms with van der Waals surface area (Å²) >= 11 is 0. The number of nitrogens with zero attached hydrogens (tertiary/aromatic N) is 8. The van der Waals surface area contributed by atoms with E-state index >= 15 is 0 Å². The van der Waals surface area contributed by atoms with Crippen LogP contribution in [0.1, 0.15) is 61.6 Å². The first kappa shape index (κ1) is 33.2. The van der Waals surface area contributed by atoms with E-state index in [1.807, 2.05) is 33.0 Å². The zero-order chi connectivity index (χ0) is 34.5. The van der Waals surface area contributed by atoms with E-state index in [2.05, 4.69) is 29.9 Å². The summed E-state index contributed by atoms with van der Waals surface area (Å²) < 4.78 is 32.5. The number of halogens is 1. The van der Waals surface area contributed by atoms with Crippen molar-refractivity contribution in [1.29, 1.82) is 0 Å². The zero-order valence-electron chi connectivity index (χ0n) is 29.3. The number of rotatable bonds is 12. The van der Waals surface area contributed by atoms with Gasteiger partial charge in [0.05, 0.1) is 18.8 Å². The molecule has 6 heterocycles. The van der Waals surface area contributed by atoms with Crippen molar-refractivity contribution in [2.45, 2.75) is 65.1 Å². The molecule has 2 aromatic heterocycles. The second-order valence-electron chi connectivity index (χ2n) is 15.3. The number of anilines is 1. The van der Waals surface area contributed by atoms with Gasteiger partial charge in [-0.1, -0.05) is 0 Å². The van der Waals surface area contributed by atoms with Crippen LogP contribution in [0.5, 0.6) is 17.4 Å². The van der Waals surface area contributed by atoms with Crippen LogP contribution in [0.4, 0.5) is 10.2 Å². The fourth-order valence-corrected chi connectivity index (χ4v) is 8.56. The van der Waals surface area contributed by atoms with Gasteiger partial charge in [0.2, 0.25) is 0 Å². The fourth-order valence-electron chi connectivity index (χ4n) is 8.56. The second-order valence-corrected chi connectivity index (χ2v) is 15.3. The maximum Gasteiger partial charge on any atom is 0.282 e. The van der Waals surface area contributed by atoms with Crippen LogP contribution in [0.3, 0.4) is 0 Å². The van der Waals surface area contributed by atoms with E-state index in [9.17, 15) is 9.18 Å². The summed E-state index contributed by atoms with van der Waals surface area (Å²) in [6, 6.07) is 5.94. The van der Waals surface area contributed by atoms with E-state index in [0.717, 1.165) is 77.5 Å². The molecule has 0 unspecified atom stereocenters. The molecule has 1 aliphatic carbocycles. The maximum absolute atomic E-state index is 14.3. The van der Waals surface area contributed by atoms with Gasteiger partial charge >= 0.3 is 0 Å². The molecular weight excluding hydrogens is 639 g/mol. The SMILES string of the molecule is CCN(C(=O)c1cc(F)ccc1Oc1nncnc1N1CC2(CC(Oc3ccnc4c3CN(CCCN3CC5(COC5)C3)CC4)C2)C1)C(C)C. The van der Waals surface area contributed by atoms with E-state index < -0.39 is 5.82 Å². The van der Waals surface area contributed by atoms with Gasteiger partial charge in [0.1, 0.15) is 29.7 Å². The Morgan fingerprint density at radius 2 is 1.86 bits per heavy atom. The van der Waals surface area contributed by atoms with Crippen LogP contribution < -0.4 is 14.4 Å². The number of benzene rings is 1. The lowest BCUT2D eigenvalue weighted by Gasteiger charge is -2.58. The molecule has 1 aromatic carbocycles. The molecule has 8 rings (SSSR count). The molecule has 13 heteroatoms. The molecule has 4 aliphatic heterocycles. The number of amides is 1. The Balaban J connectivity index is 0.856. The quantitative estimate of drug-likeness (QED) is 0.274. The number of carbonyl (C=O) groups is 1. The Morgan fingerprint density at radius 1 is 1.06 bits per heavy atom. The molecular formula is C37H47FN8O4. The van der Waals surface area contributed by atoms with Crippen molar-refractivity contribution in [3.63, 3.8) is 0 Å². The molecule has 3 saturated heterocycles. The first-order valence-corrected chi connectivity index (χ1v) is 18.1. The molecule has 1 amide bonds. The predicted octanol–water partition coefficient (Wildman–Crippen LogP) is 4.20. The highest BCUT2D eigenvalue weighted by Crippen LogP contribution is 2.52. The molecule has 50 heavy (non-hydrogen) atoms. The minimum Gasteiger partial charge on any atom is -0.490 e. The molecule has 0 radical (unpaired) electrons. The Hall–Kier alpha value is -3.94. The maximum atomic E-state index is 14.3. The third-order valence-electron chi connectivity index (χ3n) is 11.2. The minimum atomic E-state index is -0.510. The van der Waals surface area contributed by atoms with E-state index in [1.165, 1.54) is 55.3 Å². The molecule has 1 saturated carbocycles. The Labute approximate surface area is 292 Å². The third kappa shape index (κ3) is 6.39. The summed E-state index contributed by atoms with van der Waals surface area (Å²) in [6.45, 7) is 16.3. The zero-order valence-corrected chi connectivity index (χ0v) is 29.3. The number of likely N-dealkylation sites (tertiary alicyclic amines) is 1. The van der Waals surface area contributed by atoms with E-state index in [-0.39, 0.29) is 40.7 Å². The molecule has 0 atom stereocenters. The molecule has 0 N–H and O–H groups in total. The van der Waals surface area contributed by atoms with Crippen molar-refractivity contribution in [2.24, 2.45) is 10.8 Å². The summed E-state index contributed by atoms with van der Waals surface area (Å²) in [5, 5.41) is 8.17. The topological polar surface area (TPSA) is 109 Å². The van der Waals surface area contributed by atoms with Crippen molar-refractivity contribution >= 4 is 11.7 Å². The number of hydrogen-bond donors (Lipinski definition) is 0. The summed E-state index contributed by atoms with van der Waals surface area (Å²) in [4.78, 5) is 31.5. The standard InChI is InChI=1S/C37H47FN8O4/c1-4-46(25(2)3)35(47)28-14-26(38)6-7-31(28)50-34-33(40-24-41-42-34)45-20-36(21-45)15-27(16-36)49-32-8-10-39-30-9-13-43(17-29(30)32)11-5-12-44-18-37(19-44)22-48-23-37/h6-8,10,14,24-25,27H,4-5,9,11-13,15-23H2,1-3H3. The van der Waals surface area contributed by atoms with Crippen LogP contribution in [0, 0.1) is 16.6 Å². The van der Waals surface area contributed by atoms with Gasteiger partial charge in [-0.25, -0.2) is 9.37 Å². The Morgan fingerprint density at radius 3 is 2.60 bits per heavy atom. The Kier molecular flexibility index (Phi) is 8.84. The van der Waals surface area contributed by atoms with Crippen molar-refractivity contribution in [3.05, 3.63) is 59.4 Å². The van der Waals surface area contributed by atoms with Crippen LogP contribution in [0.25, 0.3) is 0 Å². The van der Waals surface area contributed by atoms with Crippen molar-refractivity contribution in [1.82, 2.24) is 34.9 Å². The van der Waals surface area contributed by atoms with E-state index in [4.69, 9.17) is 19.2 Å². The number of aromatic nitrogens is 4. The molecule has 12 nitrogen and oxygen atoms in total. The van der Waals surface area contributed by atoms with Gasteiger partial charge in [0.15, 0.2) is 5.82 Å². The number of ether oxygens (including phenoxy) is 3. The van der Waals surface area contributed by atoms with Gasteiger partial charge < -0.3 is 28.9 Å². The summed E-state index contributed by atoms with van der Waals surface area (Å²) in [5.74, 6) is 1.14. The first-order valence-electron chi connectivity index (χ1n) is 18.1. The molecule has 2 spiro atoms. The van der Waals surface area contributed by atoms with Crippen LogP contribution in [-0.2, 0) is 17.7 Å². The minimum absolute atomic E-state index is 0.0511. The van der Waals surface area contributed by atoms with Gasteiger partial charge in [-0.15, -0.1) is 10.2 Å². The number of fused-ring (bicyclic) bond motifs is 1. The normalized spacial score (nSPS) is 20.9. The predicted molar refractivity (Wildman–Crippen MR) is 184 cm³/mol. The third-order valence-corrected chi connectivity index (χ3v) is 11.2. The van der Waals surface area contributed by atoms with Gasteiger partial charge in [-0.05, 0) is 77.4 Å². The average Bonchev–Trinajstić information content (AvgIpc) is 3.03. The number of carbonyl (C=O) groups excluding carboxylic acids is 1. The molecule has 0 bridgehead atoms. The summed E-state index contributed by atoms with van der Waals surface area (Å²) in [7, 11) is 0. The summed E-state index contributed by atoms with van der Waals surface area (Å²) in [6.07, 6.45) is 7.49. The van der Waals surface area contributed by atoms with E-state index in [1.54, 1.807) is 4.90 Å². The van der Waals surface area contributed by atoms with Crippen LogP contribution >= 0.6 is 0 Å². The molecule has 266 valence electrons. The van der Waals surface area contributed by atoms with E-state index in [0.29, 0.717) is 17.8 Å². The first-order chi connectivity index (χ1) is 24.2. The van der Waals surface area contributed by atoms with Gasteiger partial charge in [0.25, 0.3) is 11.8 Å². The smallest absolute Gasteiger partial charge is 0.282 e. The van der Waals surface area contributed by atoms with Crippen LogP contribution in [0.2, 0.25) is 0 Å². The molecule has 5 aliphatic rings. The van der Waals surface area contributed by atoms with Crippen LogP contribution in [0.15, 0.2) is 36.8 Å². The number of hydrogen-bond acceptors (Lipinski definition) is 11. The molecule has 3 aromatic rings. The fraction of sp³-hybridized carbons (Fsp3) is 0.595. The van der Waals surface area contributed by atoms with Gasteiger partial charge in [-0.2, -0.15) is 0 Å². The van der Waals surface area contributed by atoms with Gasteiger partial charge in [-0.3, -0.25) is 14.7 Å². The Bertz CT molecular complexity index is 1720. The highest BCUT2D eigenvalue weighted by molar-refractivity contribution is 5.97. The van der Waals surface area contributed by atoms with Crippen molar-refractivity contribution in [3.8, 4) is 17.4 Å². The molecule has 4 fully saturated rings. The lowest BCUT2D eigenvalue weighted by Crippen LogP contribution is -2.65.